The maximum absolute atomic E-state index is 13.7. The number of anilines is 1. The van der Waals surface area contributed by atoms with Crippen LogP contribution in [-0.2, 0) is 9.59 Å². The molecule has 2 amide bonds. The number of hydrogen-bond donors (Lipinski definition) is 2. The number of nitrogens with zero attached hydrogens (tertiary/aromatic N) is 2. The third kappa shape index (κ3) is 2.86. The topological polar surface area (TPSA) is 73.8 Å². The standard InChI is InChI=1S/C14H15FN4O2/c15-10-3-1-2-4-12(10)19-6-5-9(8-19)16-14(21)11-7-13(20)18-17-11/h1-4,9H,5-8H2,(H,16,21)(H,18,20). The first-order valence-corrected chi connectivity index (χ1v) is 6.79. The quantitative estimate of drug-likeness (QED) is 0.846. The number of hydrazone groups is 1. The summed E-state index contributed by atoms with van der Waals surface area (Å²) in [5.74, 6) is -0.882. The predicted molar refractivity (Wildman–Crippen MR) is 75.4 cm³/mol. The Labute approximate surface area is 121 Å². The molecule has 3 rings (SSSR count). The normalized spacial score (nSPS) is 21.2. The summed E-state index contributed by atoms with van der Waals surface area (Å²) in [7, 11) is 0. The molecule has 0 aliphatic carbocycles. The minimum atomic E-state index is -0.339. The molecule has 1 unspecified atom stereocenters. The Morgan fingerprint density at radius 1 is 1.43 bits per heavy atom. The molecule has 0 saturated carbocycles. The van der Waals surface area contributed by atoms with Crippen LogP contribution in [0.2, 0.25) is 0 Å². The first-order valence-electron chi connectivity index (χ1n) is 6.79. The van der Waals surface area contributed by atoms with Gasteiger partial charge in [0.15, 0.2) is 0 Å². The Kier molecular flexibility index (Phi) is 3.55. The zero-order chi connectivity index (χ0) is 14.8. The lowest BCUT2D eigenvalue weighted by molar-refractivity contribution is -0.120. The van der Waals surface area contributed by atoms with Crippen LogP contribution in [0.4, 0.5) is 10.1 Å². The number of halogens is 1. The lowest BCUT2D eigenvalue weighted by atomic mass is 10.2. The van der Waals surface area contributed by atoms with Gasteiger partial charge in [-0.1, -0.05) is 12.1 Å². The summed E-state index contributed by atoms with van der Waals surface area (Å²) >= 11 is 0. The molecule has 1 atom stereocenters. The second-order valence-electron chi connectivity index (χ2n) is 5.13. The van der Waals surface area contributed by atoms with Crippen molar-refractivity contribution in [3.05, 3.63) is 30.1 Å². The van der Waals surface area contributed by atoms with Gasteiger partial charge in [-0.2, -0.15) is 5.10 Å². The van der Waals surface area contributed by atoms with Crippen LogP contribution in [-0.4, -0.2) is 36.7 Å². The maximum Gasteiger partial charge on any atom is 0.268 e. The highest BCUT2D eigenvalue weighted by Gasteiger charge is 2.28. The summed E-state index contributed by atoms with van der Waals surface area (Å²) in [6.07, 6.45) is 0.740. The van der Waals surface area contributed by atoms with Gasteiger partial charge >= 0.3 is 0 Å². The zero-order valence-electron chi connectivity index (χ0n) is 11.3. The van der Waals surface area contributed by atoms with Gasteiger partial charge in [0.1, 0.15) is 11.5 Å². The summed E-state index contributed by atoms with van der Waals surface area (Å²) in [6.45, 7) is 1.22. The average molecular weight is 290 g/mol. The Hall–Kier alpha value is -2.44. The molecule has 0 radical (unpaired) electrons. The number of hydrogen-bond acceptors (Lipinski definition) is 4. The van der Waals surface area contributed by atoms with Gasteiger partial charge in [-0.15, -0.1) is 0 Å². The third-order valence-electron chi connectivity index (χ3n) is 3.62. The molecule has 0 aromatic heterocycles. The number of para-hydroxylation sites is 1. The van der Waals surface area contributed by atoms with E-state index in [0.717, 1.165) is 6.42 Å². The smallest absolute Gasteiger partial charge is 0.268 e. The molecular formula is C14H15FN4O2. The van der Waals surface area contributed by atoms with Crippen molar-refractivity contribution >= 4 is 23.2 Å². The van der Waals surface area contributed by atoms with Gasteiger partial charge in [0.2, 0.25) is 5.91 Å². The lowest BCUT2D eigenvalue weighted by Crippen LogP contribution is -2.40. The number of benzene rings is 1. The third-order valence-corrected chi connectivity index (χ3v) is 3.62. The molecule has 0 spiro atoms. The van der Waals surface area contributed by atoms with Crippen molar-refractivity contribution in [1.82, 2.24) is 10.7 Å². The molecule has 1 aromatic rings. The van der Waals surface area contributed by atoms with Crippen molar-refractivity contribution in [3.8, 4) is 0 Å². The second-order valence-corrected chi connectivity index (χ2v) is 5.13. The van der Waals surface area contributed by atoms with Crippen LogP contribution in [0.1, 0.15) is 12.8 Å². The van der Waals surface area contributed by atoms with Crippen molar-refractivity contribution in [1.29, 1.82) is 0 Å². The van der Waals surface area contributed by atoms with E-state index in [2.05, 4.69) is 15.8 Å². The molecule has 110 valence electrons. The van der Waals surface area contributed by atoms with Crippen molar-refractivity contribution < 1.29 is 14.0 Å². The molecule has 2 N–H and O–H groups in total. The van der Waals surface area contributed by atoms with Crippen LogP contribution in [0.25, 0.3) is 0 Å². The van der Waals surface area contributed by atoms with Crippen molar-refractivity contribution in [3.63, 3.8) is 0 Å². The minimum Gasteiger partial charge on any atom is -0.367 e. The summed E-state index contributed by atoms with van der Waals surface area (Å²) in [5, 5.41) is 6.52. The predicted octanol–water partition coefficient (Wildman–Crippen LogP) is 0.396. The van der Waals surface area contributed by atoms with Crippen LogP contribution in [0.3, 0.4) is 0 Å². The SMILES string of the molecule is O=C1CC(C(=O)NC2CCN(c3ccccc3F)C2)=NN1. The first kappa shape index (κ1) is 13.5. The Morgan fingerprint density at radius 2 is 2.24 bits per heavy atom. The molecule has 6 nitrogen and oxygen atoms in total. The van der Waals surface area contributed by atoms with Gasteiger partial charge in [-0.3, -0.25) is 9.59 Å². The Bertz CT molecular complexity index is 617. The van der Waals surface area contributed by atoms with E-state index in [-0.39, 0.29) is 35.8 Å². The van der Waals surface area contributed by atoms with Crippen LogP contribution in [0, 0.1) is 5.82 Å². The molecule has 1 saturated heterocycles. The van der Waals surface area contributed by atoms with E-state index in [1.54, 1.807) is 18.2 Å². The van der Waals surface area contributed by atoms with Crippen LogP contribution in [0.15, 0.2) is 29.4 Å². The number of carbonyl (C=O) groups is 2. The molecule has 21 heavy (non-hydrogen) atoms. The largest absolute Gasteiger partial charge is 0.367 e. The van der Waals surface area contributed by atoms with Gasteiger partial charge in [-0.05, 0) is 18.6 Å². The van der Waals surface area contributed by atoms with Gasteiger partial charge < -0.3 is 10.2 Å². The summed E-state index contributed by atoms with van der Waals surface area (Å²) in [6, 6.07) is 6.51. The lowest BCUT2D eigenvalue weighted by Gasteiger charge is -2.19. The van der Waals surface area contributed by atoms with Crippen molar-refractivity contribution in [2.24, 2.45) is 5.10 Å². The second kappa shape index (κ2) is 5.51. The Balaban J connectivity index is 1.59. The fourth-order valence-corrected chi connectivity index (χ4v) is 2.57. The molecule has 2 aliphatic rings. The van der Waals surface area contributed by atoms with Gasteiger partial charge in [0.25, 0.3) is 5.91 Å². The van der Waals surface area contributed by atoms with E-state index in [1.165, 1.54) is 6.07 Å². The van der Waals surface area contributed by atoms with Crippen LogP contribution in [0.5, 0.6) is 0 Å². The number of amides is 2. The molecule has 2 aliphatic heterocycles. The fourth-order valence-electron chi connectivity index (χ4n) is 2.57. The van der Waals surface area contributed by atoms with E-state index in [0.29, 0.717) is 18.8 Å². The van der Waals surface area contributed by atoms with Crippen molar-refractivity contribution in [2.45, 2.75) is 18.9 Å². The van der Waals surface area contributed by atoms with Crippen LogP contribution >= 0.6 is 0 Å². The summed E-state index contributed by atoms with van der Waals surface area (Å²) in [4.78, 5) is 24.8. The molecule has 1 aromatic carbocycles. The summed E-state index contributed by atoms with van der Waals surface area (Å²) in [5.41, 5.74) is 2.99. The number of rotatable bonds is 3. The van der Waals surface area contributed by atoms with Gasteiger partial charge in [0.05, 0.1) is 12.1 Å². The van der Waals surface area contributed by atoms with E-state index >= 15 is 0 Å². The van der Waals surface area contributed by atoms with E-state index in [1.807, 2.05) is 4.90 Å². The molecular weight excluding hydrogens is 275 g/mol. The van der Waals surface area contributed by atoms with E-state index in [4.69, 9.17) is 0 Å². The average Bonchev–Trinajstić information content (AvgIpc) is 3.08. The van der Waals surface area contributed by atoms with Gasteiger partial charge in [-0.25, -0.2) is 9.82 Å². The van der Waals surface area contributed by atoms with Gasteiger partial charge in [0, 0.05) is 19.1 Å². The highest BCUT2D eigenvalue weighted by Crippen LogP contribution is 2.23. The highest BCUT2D eigenvalue weighted by atomic mass is 19.1. The van der Waals surface area contributed by atoms with Crippen LogP contribution < -0.4 is 15.6 Å². The Morgan fingerprint density at radius 3 is 2.95 bits per heavy atom. The number of carbonyl (C=O) groups excluding carboxylic acids is 2. The zero-order valence-corrected chi connectivity index (χ0v) is 11.3. The molecule has 1 fully saturated rings. The monoisotopic (exact) mass is 290 g/mol. The highest BCUT2D eigenvalue weighted by molar-refractivity contribution is 6.43. The first-order chi connectivity index (χ1) is 10.1. The van der Waals surface area contributed by atoms with E-state index in [9.17, 15) is 14.0 Å². The minimum absolute atomic E-state index is 0.00950. The number of nitrogens with one attached hydrogen (secondary N) is 2. The molecule has 0 bridgehead atoms. The van der Waals surface area contributed by atoms with E-state index < -0.39 is 0 Å². The summed E-state index contributed by atoms with van der Waals surface area (Å²) < 4.78 is 13.7. The fraction of sp³-hybridized carbons (Fsp3) is 0.357. The molecule has 2 heterocycles. The van der Waals surface area contributed by atoms with Crippen molar-refractivity contribution in [2.75, 3.05) is 18.0 Å². The maximum atomic E-state index is 13.7. The molecule has 7 heteroatoms.